The number of carboxylic acid groups (broad SMARTS) is 1. The van der Waals surface area contributed by atoms with Crippen molar-refractivity contribution in [3.63, 3.8) is 0 Å². The fourth-order valence-corrected chi connectivity index (χ4v) is 4.86. The van der Waals surface area contributed by atoms with Crippen molar-refractivity contribution in [2.45, 2.75) is 64.7 Å². The molecule has 212 valence electrons. The first-order valence-corrected chi connectivity index (χ1v) is 13.4. The average molecular weight is 622 g/mol. The molecule has 1 fully saturated rings. The zero-order valence-corrected chi connectivity index (χ0v) is 23.2. The number of amides is 1. The Hall–Kier alpha value is -3.68. The maximum absolute atomic E-state index is 12.3. The molecular weight excluding hydrogens is 595 g/mol. The number of hydrogen-bond acceptors (Lipinski definition) is 7. The van der Waals surface area contributed by atoms with Gasteiger partial charge in [0.05, 0.1) is 17.6 Å². The fraction of sp³-hybridized carbons (Fsp3) is 0.423. The van der Waals surface area contributed by atoms with Gasteiger partial charge in [-0.25, -0.2) is 4.79 Å². The second kappa shape index (κ2) is 12.7. The maximum Gasteiger partial charge on any atom is 0.490 e. The summed E-state index contributed by atoms with van der Waals surface area (Å²) in [4.78, 5) is 25.5. The van der Waals surface area contributed by atoms with Gasteiger partial charge in [-0.2, -0.15) is 23.4 Å². The van der Waals surface area contributed by atoms with Gasteiger partial charge in [0.2, 0.25) is 0 Å². The summed E-state index contributed by atoms with van der Waals surface area (Å²) >= 11 is 3.79. The van der Waals surface area contributed by atoms with E-state index in [4.69, 9.17) is 9.90 Å². The minimum atomic E-state index is -5.08. The number of pyridine rings is 1. The van der Waals surface area contributed by atoms with Gasteiger partial charge in [-0.05, 0) is 68.2 Å². The predicted octanol–water partition coefficient (Wildman–Crippen LogP) is 4.43. The highest BCUT2D eigenvalue weighted by molar-refractivity contribution is 9.15. The number of carboxylic acids is 1. The summed E-state index contributed by atoms with van der Waals surface area (Å²) < 4.78 is 34.7. The van der Waals surface area contributed by atoms with E-state index >= 15 is 0 Å². The van der Waals surface area contributed by atoms with Crippen LogP contribution in [-0.4, -0.2) is 53.3 Å². The van der Waals surface area contributed by atoms with E-state index in [1.807, 2.05) is 19.1 Å². The smallest absolute Gasteiger partial charge is 0.475 e. The molecule has 40 heavy (non-hydrogen) atoms. The molecule has 3 heterocycles. The minimum absolute atomic E-state index is 0.237. The van der Waals surface area contributed by atoms with Gasteiger partial charge in [-0.15, -0.1) is 5.10 Å². The second-order valence-corrected chi connectivity index (χ2v) is 10.4. The molecule has 3 aromatic rings. The van der Waals surface area contributed by atoms with Gasteiger partial charge < -0.3 is 10.4 Å². The normalized spacial score (nSPS) is 14.4. The molecular formula is C26H27BrF3N7O3. The maximum atomic E-state index is 12.3. The number of unbranched alkanes of at least 4 members (excludes halogenated alkanes) is 1. The number of carbonyl (C=O) groups excluding carboxylic acids is 1. The number of halogens is 4. The van der Waals surface area contributed by atoms with Gasteiger partial charge in [-0.1, -0.05) is 27.2 Å². The van der Waals surface area contributed by atoms with E-state index in [1.54, 1.807) is 17.1 Å². The molecule has 1 amide bonds. The van der Waals surface area contributed by atoms with Crippen LogP contribution in [0.3, 0.4) is 0 Å². The van der Waals surface area contributed by atoms with Crippen LogP contribution in [0.2, 0.25) is 0 Å². The van der Waals surface area contributed by atoms with E-state index in [9.17, 15) is 18.0 Å². The van der Waals surface area contributed by atoms with E-state index in [-0.39, 0.29) is 5.91 Å². The number of hydrogen-bond donors (Lipinski definition) is 2. The number of aryl methyl sites for hydroxylation is 3. The number of alkyl halides is 3. The van der Waals surface area contributed by atoms with Crippen molar-refractivity contribution in [2.24, 2.45) is 5.92 Å². The third-order valence-electron chi connectivity index (χ3n) is 6.38. The predicted molar refractivity (Wildman–Crippen MR) is 141 cm³/mol. The fourth-order valence-electron chi connectivity index (χ4n) is 4.05. The summed E-state index contributed by atoms with van der Waals surface area (Å²) in [6, 6.07) is 6.06. The lowest BCUT2D eigenvalue weighted by Crippen LogP contribution is -2.23. The van der Waals surface area contributed by atoms with Crippen molar-refractivity contribution in [1.82, 2.24) is 35.5 Å². The van der Waals surface area contributed by atoms with E-state index in [1.165, 1.54) is 28.5 Å². The summed E-state index contributed by atoms with van der Waals surface area (Å²) in [5.74, 6) is -2.25. The van der Waals surface area contributed by atoms with Crippen molar-refractivity contribution in [3.05, 3.63) is 70.1 Å². The van der Waals surface area contributed by atoms with Crippen LogP contribution in [0.5, 0.6) is 0 Å². The van der Waals surface area contributed by atoms with Gasteiger partial charge in [0.15, 0.2) is 5.69 Å². The van der Waals surface area contributed by atoms with E-state index in [0.717, 1.165) is 54.2 Å². The molecule has 0 radical (unpaired) electrons. The van der Waals surface area contributed by atoms with Gasteiger partial charge >= 0.3 is 12.1 Å². The average Bonchev–Trinajstić information content (AvgIpc) is 3.56. The lowest BCUT2D eigenvalue weighted by atomic mass is 10.1. The summed E-state index contributed by atoms with van der Waals surface area (Å²) in [6.45, 7) is 3.05. The SMILES string of the molecule is Cc1ccc(CNC(=O)c2cn(CCCCc3cc4c(nn3)CC(C3CC3)=C4Br)nn2)cn1.O=C(O)C(F)(F)F. The lowest BCUT2D eigenvalue weighted by Gasteiger charge is -2.04. The zero-order chi connectivity index (χ0) is 28.9. The standard InChI is InChI=1S/C24H26BrN7O.C2HF3O2/c1-15-5-6-16(12-26-15)13-27-24(33)22-14-32(31-30-22)9-3-2-4-18-10-20-21(29-28-18)11-19(23(20)25)17-7-8-17;3-2(4,5)1(6)7/h5-6,10,12,14,17H,2-4,7-9,11,13H2,1H3,(H,27,33);(H,6,7). The molecule has 0 aliphatic heterocycles. The number of allylic oxidation sites excluding steroid dienone is 1. The Morgan fingerprint density at radius 2 is 1.93 bits per heavy atom. The molecule has 3 aromatic heterocycles. The van der Waals surface area contributed by atoms with Crippen LogP contribution in [0.15, 0.2) is 36.2 Å². The largest absolute Gasteiger partial charge is 0.490 e. The number of carbonyl (C=O) groups is 2. The summed E-state index contributed by atoms with van der Waals surface area (Å²) in [5.41, 5.74) is 7.05. The monoisotopic (exact) mass is 621 g/mol. The Bertz CT molecular complexity index is 1400. The van der Waals surface area contributed by atoms with Crippen LogP contribution in [0, 0.1) is 12.8 Å². The first-order valence-electron chi connectivity index (χ1n) is 12.7. The molecule has 0 aromatic carbocycles. The third-order valence-corrected chi connectivity index (χ3v) is 7.31. The van der Waals surface area contributed by atoms with Crippen LogP contribution < -0.4 is 5.32 Å². The minimum Gasteiger partial charge on any atom is -0.475 e. The highest BCUT2D eigenvalue weighted by Crippen LogP contribution is 2.47. The molecule has 2 N–H and O–H groups in total. The van der Waals surface area contributed by atoms with Gasteiger partial charge in [0, 0.05) is 41.4 Å². The number of nitrogens with one attached hydrogen (secondary N) is 1. The van der Waals surface area contributed by atoms with Crippen molar-refractivity contribution in [3.8, 4) is 0 Å². The quantitative estimate of drug-likeness (QED) is 0.335. The van der Waals surface area contributed by atoms with Crippen molar-refractivity contribution >= 4 is 32.3 Å². The number of nitrogens with zero attached hydrogens (tertiary/aromatic N) is 6. The van der Waals surface area contributed by atoms with Gasteiger partial charge in [-0.3, -0.25) is 14.5 Å². The Balaban J connectivity index is 0.000000470. The van der Waals surface area contributed by atoms with E-state index in [2.05, 4.69) is 52.8 Å². The number of fused-ring (bicyclic) bond motifs is 1. The van der Waals surface area contributed by atoms with Crippen LogP contribution in [0.4, 0.5) is 13.2 Å². The van der Waals surface area contributed by atoms with Crippen LogP contribution in [0.1, 0.15) is 64.4 Å². The van der Waals surface area contributed by atoms with E-state index < -0.39 is 12.1 Å². The second-order valence-electron chi connectivity index (χ2n) is 9.60. The molecule has 2 aliphatic carbocycles. The molecule has 5 rings (SSSR count). The summed E-state index contributed by atoms with van der Waals surface area (Å²) in [7, 11) is 0. The van der Waals surface area contributed by atoms with Gasteiger partial charge in [0.25, 0.3) is 5.91 Å². The highest BCUT2D eigenvalue weighted by atomic mass is 79.9. The Labute approximate surface area is 236 Å². The number of rotatable bonds is 9. The number of aromatic nitrogens is 6. The van der Waals surface area contributed by atoms with E-state index in [0.29, 0.717) is 18.8 Å². The van der Waals surface area contributed by atoms with Crippen LogP contribution in [0.25, 0.3) is 4.48 Å². The molecule has 0 bridgehead atoms. The lowest BCUT2D eigenvalue weighted by molar-refractivity contribution is -0.192. The van der Waals surface area contributed by atoms with Gasteiger partial charge in [0.1, 0.15) is 0 Å². The third kappa shape index (κ3) is 7.93. The summed E-state index contributed by atoms with van der Waals surface area (Å²) in [5, 5.41) is 27.0. The molecule has 2 aliphatic rings. The number of aliphatic carboxylic acids is 1. The molecule has 0 saturated heterocycles. The van der Waals surface area contributed by atoms with Crippen LogP contribution in [-0.2, 0) is 30.7 Å². The molecule has 1 saturated carbocycles. The Morgan fingerprint density at radius 1 is 1.18 bits per heavy atom. The summed E-state index contributed by atoms with van der Waals surface area (Å²) in [6.07, 6.45) is 4.67. The zero-order valence-electron chi connectivity index (χ0n) is 21.6. The topological polar surface area (TPSA) is 136 Å². The van der Waals surface area contributed by atoms with Crippen molar-refractivity contribution < 1.29 is 27.9 Å². The molecule has 10 nitrogen and oxygen atoms in total. The van der Waals surface area contributed by atoms with Crippen molar-refractivity contribution in [2.75, 3.05) is 0 Å². The molecule has 14 heteroatoms. The molecule has 0 atom stereocenters. The first-order chi connectivity index (χ1) is 19.0. The van der Waals surface area contributed by atoms with Crippen molar-refractivity contribution in [1.29, 1.82) is 0 Å². The Kier molecular flexibility index (Phi) is 9.28. The molecule has 0 unspecified atom stereocenters. The Morgan fingerprint density at radius 3 is 2.58 bits per heavy atom. The molecule has 0 spiro atoms. The van der Waals surface area contributed by atoms with Crippen LogP contribution >= 0.6 is 15.9 Å². The highest BCUT2D eigenvalue weighted by Gasteiger charge is 2.38. The first kappa shape index (κ1) is 29.3.